The average molecular weight is 447 g/mol. The Labute approximate surface area is 180 Å². The standard InChI is InChI=1S/C21H20F3N5O3/c1-12-11-16(30)17(27-29(12)15-8-4-3-7-14(15)21(22,23)24)18(31)26-20(9-5-6-10-20)19-25-13(2)32-28-19/h3-4,7-8,11H,5-6,9-10H2,1-2H3,(H,26,31). The van der Waals surface area contributed by atoms with Crippen molar-refractivity contribution in [2.24, 2.45) is 0 Å². The van der Waals surface area contributed by atoms with Gasteiger partial charge in [0.25, 0.3) is 5.91 Å². The number of carbonyl (C=O) groups excluding carboxylic acids is 1. The highest BCUT2D eigenvalue weighted by atomic mass is 19.4. The highest BCUT2D eigenvalue weighted by Gasteiger charge is 2.42. The molecule has 0 bridgehead atoms. The third kappa shape index (κ3) is 3.90. The summed E-state index contributed by atoms with van der Waals surface area (Å²) in [7, 11) is 0. The Bertz CT molecular complexity index is 1230. The molecule has 8 nitrogen and oxygen atoms in total. The van der Waals surface area contributed by atoms with Crippen LogP contribution >= 0.6 is 0 Å². The van der Waals surface area contributed by atoms with Gasteiger partial charge in [-0.1, -0.05) is 30.1 Å². The second-order valence-corrected chi connectivity index (χ2v) is 7.81. The molecule has 32 heavy (non-hydrogen) atoms. The fourth-order valence-corrected chi connectivity index (χ4v) is 4.00. The minimum atomic E-state index is -4.64. The topological polar surface area (TPSA) is 103 Å². The molecule has 0 atom stereocenters. The van der Waals surface area contributed by atoms with Gasteiger partial charge in [-0.05, 0) is 31.9 Å². The van der Waals surface area contributed by atoms with Gasteiger partial charge in [-0.3, -0.25) is 9.59 Å². The quantitative estimate of drug-likeness (QED) is 0.657. The first kappa shape index (κ1) is 21.7. The maximum Gasteiger partial charge on any atom is 0.418 e. The van der Waals surface area contributed by atoms with Crippen LogP contribution in [0.15, 0.2) is 39.6 Å². The van der Waals surface area contributed by atoms with E-state index in [-0.39, 0.29) is 11.4 Å². The summed E-state index contributed by atoms with van der Waals surface area (Å²) in [5.74, 6) is -0.173. The van der Waals surface area contributed by atoms with Gasteiger partial charge in [0.15, 0.2) is 11.5 Å². The predicted octanol–water partition coefficient (Wildman–Crippen LogP) is 3.45. The molecule has 1 N–H and O–H groups in total. The van der Waals surface area contributed by atoms with Crippen molar-refractivity contribution in [3.05, 3.63) is 69.2 Å². The van der Waals surface area contributed by atoms with Crippen molar-refractivity contribution in [2.75, 3.05) is 0 Å². The molecule has 0 saturated heterocycles. The van der Waals surface area contributed by atoms with Crippen LogP contribution in [0.4, 0.5) is 13.2 Å². The Balaban J connectivity index is 1.76. The third-order valence-electron chi connectivity index (χ3n) is 5.53. The molecule has 2 heterocycles. The van der Waals surface area contributed by atoms with Crippen LogP contribution < -0.4 is 10.7 Å². The van der Waals surface area contributed by atoms with Crippen LogP contribution in [0.25, 0.3) is 5.69 Å². The number of aryl methyl sites for hydroxylation is 2. The molecular weight excluding hydrogens is 427 g/mol. The van der Waals surface area contributed by atoms with E-state index in [2.05, 4.69) is 20.6 Å². The fourth-order valence-electron chi connectivity index (χ4n) is 4.00. The summed E-state index contributed by atoms with van der Waals surface area (Å²) >= 11 is 0. The fraction of sp³-hybridized carbons (Fsp3) is 0.381. The molecule has 1 aliphatic carbocycles. The lowest BCUT2D eigenvalue weighted by Gasteiger charge is -2.26. The number of halogens is 3. The normalized spacial score (nSPS) is 15.7. The molecule has 1 saturated carbocycles. The summed E-state index contributed by atoms with van der Waals surface area (Å²) in [5.41, 5.74) is -3.19. The number of para-hydroxylation sites is 1. The molecule has 4 rings (SSSR count). The Morgan fingerprint density at radius 1 is 1.19 bits per heavy atom. The van der Waals surface area contributed by atoms with E-state index in [1.807, 2.05) is 0 Å². The average Bonchev–Trinajstić information content (AvgIpc) is 3.37. The second-order valence-electron chi connectivity index (χ2n) is 7.81. The number of nitrogens with one attached hydrogen (secondary N) is 1. The maximum atomic E-state index is 13.5. The Hall–Kier alpha value is -3.50. The highest BCUT2D eigenvalue weighted by molar-refractivity contribution is 5.92. The number of benzene rings is 1. The van der Waals surface area contributed by atoms with Gasteiger partial charge < -0.3 is 9.84 Å². The van der Waals surface area contributed by atoms with E-state index in [0.717, 1.165) is 29.7 Å². The number of nitrogens with zero attached hydrogens (tertiary/aromatic N) is 4. The number of rotatable bonds is 4. The van der Waals surface area contributed by atoms with Crippen molar-refractivity contribution in [1.82, 2.24) is 25.2 Å². The Morgan fingerprint density at radius 3 is 2.50 bits per heavy atom. The summed E-state index contributed by atoms with van der Waals surface area (Å²) in [6, 6.07) is 5.93. The van der Waals surface area contributed by atoms with E-state index in [4.69, 9.17) is 4.52 Å². The van der Waals surface area contributed by atoms with E-state index in [9.17, 15) is 22.8 Å². The largest absolute Gasteiger partial charge is 0.418 e. The van der Waals surface area contributed by atoms with Crippen LogP contribution in [0.1, 0.15) is 59.1 Å². The number of hydrogen-bond acceptors (Lipinski definition) is 6. The van der Waals surface area contributed by atoms with Gasteiger partial charge in [0.2, 0.25) is 11.3 Å². The number of hydrogen-bond donors (Lipinski definition) is 1. The molecule has 1 aromatic carbocycles. The minimum absolute atomic E-state index is 0.160. The molecule has 2 aromatic heterocycles. The van der Waals surface area contributed by atoms with E-state index in [1.54, 1.807) is 6.92 Å². The van der Waals surface area contributed by atoms with Gasteiger partial charge in [-0.15, -0.1) is 0 Å². The lowest BCUT2D eigenvalue weighted by atomic mass is 9.96. The molecule has 0 radical (unpaired) electrons. The summed E-state index contributed by atoms with van der Waals surface area (Å²) in [6.45, 7) is 3.07. The summed E-state index contributed by atoms with van der Waals surface area (Å²) in [6.07, 6.45) is -1.96. The molecule has 1 amide bonds. The Morgan fingerprint density at radius 2 is 1.88 bits per heavy atom. The summed E-state index contributed by atoms with van der Waals surface area (Å²) in [4.78, 5) is 29.9. The molecular formula is C21H20F3N5O3. The van der Waals surface area contributed by atoms with Crippen molar-refractivity contribution in [1.29, 1.82) is 0 Å². The lowest BCUT2D eigenvalue weighted by Crippen LogP contribution is -2.46. The van der Waals surface area contributed by atoms with Crippen LogP contribution in [0.3, 0.4) is 0 Å². The van der Waals surface area contributed by atoms with Gasteiger partial charge in [-0.2, -0.15) is 23.3 Å². The first-order valence-electron chi connectivity index (χ1n) is 10.0. The summed E-state index contributed by atoms with van der Waals surface area (Å²) < 4.78 is 46.5. The number of aromatic nitrogens is 4. The SMILES string of the molecule is Cc1nc(C2(NC(=O)c3nn(-c4ccccc4C(F)(F)F)c(C)cc3=O)CCCC2)no1. The third-order valence-corrected chi connectivity index (χ3v) is 5.53. The zero-order chi connectivity index (χ0) is 23.1. The monoisotopic (exact) mass is 447 g/mol. The van der Waals surface area contributed by atoms with Crippen LogP contribution in [0.2, 0.25) is 0 Å². The first-order chi connectivity index (χ1) is 15.1. The van der Waals surface area contributed by atoms with Crippen molar-refractivity contribution >= 4 is 5.91 Å². The number of carbonyl (C=O) groups is 1. The van der Waals surface area contributed by atoms with Gasteiger partial charge >= 0.3 is 6.18 Å². The van der Waals surface area contributed by atoms with Gasteiger partial charge in [0.05, 0.1) is 11.3 Å². The van der Waals surface area contributed by atoms with E-state index in [0.29, 0.717) is 24.6 Å². The van der Waals surface area contributed by atoms with Crippen LogP contribution in [-0.2, 0) is 11.7 Å². The van der Waals surface area contributed by atoms with Crippen molar-refractivity contribution in [3.8, 4) is 5.69 Å². The van der Waals surface area contributed by atoms with E-state index >= 15 is 0 Å². The van der Waals surface area contributed by atoms with Gasteiger partial charge in [0, 0.05) is 18.7 Å². The second kappa shape index (κ2) is 7.88. The smallest absolute Gasteiger partial charge is 0.340 e. The number of amides is 1. The molecule has 0 aliphatic heterocycles. The molecule has 0 spiro atoms. The lowest BCUT2D eigenvalue weighted by molar-refractivity contribution is -0.137. The molecule has 3 aromatic rings. The van der Waals surface area contributed by atoms with E-state index < -0.39 is 34.3 Å². The molecule has 168 valence electrons. The molecule has 1 aliphatic rings. The molecule has 1 fully saturated rings. The molecule has 0 unspecified atom stereocenters. The zero-order valence-electron chi connectivity index (χ0n) is 17.4. The highest BCUT2D eigenvalue weighted by Crippen LogP contribution is 2.37. The van der Waals surface area contributed by atoms with Gasteiger partial charge in [-0.25, -0.2) is 4.68 Å². The first-order valence-corrected chi connectivity index (χ1v) is 10.0. The van der Waals surface area contributed by atoms with Crippen LogP contribution in [-0.4, -0.2) is 25.8 Å². The Kier molecular flexibility index (Phi) is 5.35. The van der Waals surface area contributed by atoms with E-state index in [1.165, 1.54) is 25.1 Å². The zero-order valence-corrected chi connectivity index (χ0v) is 17.4. The summed E-state index contributed by atoms with van der Waals surface area (Å²) in [5, 5.41) is 10.7. The van der Waals surface area contributed by atoms with Crippen molar-refractivity contribution in [2.45, 2.75) is 51.2 Å². The minimum Gasteiger partial charge on any atom is -0.340 e. The molecule has 11 heteroatoms. The van der Waals surface area contributed by atoms with Gasteiger partial charge in [0.1, 0.15) is 5.54 Å². The predicted molar refractivity (Wildman–Crippen MR) is 106 cm³/mol. The van der Waals surface area contributed by atoms with Crippen LogP contribution in [0, 0.1) is 13.8 Å². The number of alkyl halides is 3. The van der Waals surface area contributed by atoms with Crippen LogP contribution in [0.5, 0.6) is 0 Å². The van der Waals surface area contributed by atoms with Crippen molar-refractivity contribution < 1.29 is 22.5 Å². The van der Waals surface area contributed by atoms with Crippen molar-refractivity contribution in [3.63, 3.8) is 0 Å². The maximum absolute atomic E-state index is 13.5.